The topological polar surface area (TPSA) is 69.7 Å². The van der Waals surface area contributed by atoms with E-state index in [1.165, 1.54) is 10.4 Å². The summed E-state index contributed by atoms with van der Waals surface area (Å²) in [6, 6.07) is 6.62. The average Bonchev–Trinajstić information content (AvgIpc) is 3.31. The number of nitrogens with zero attached hydrogens (tertiary/aromatic N) is 2. The Balaban J connectivity index is 1.65. The van der Waals surface area contributed by atoms with Crippen molar-refractivity contribution < 1.29 is 13.2 Å². The van der Waals surface area contributed by atoms with Crippen LogP contribution in [-0.2, 0) is 10.0 Å². The van der Waals surface area contributed by atoms with Crippen LogP contribution < -0.4 is 5.32 Å². The summed E-state index contributed by atoms with van der Waals surface area (Å²) >= 11 is 5.99. The quantitative estimate of drug-likeness (QED) is 0.904. The maximum Gasteiger partial charge on any atom is 0.317 e. The van der Waals surface area contributed by atoms with E-state index in [4.69, 9.17) is 11.6 Å². The summed E-state index contributed by atoms with van der Waals surface area (Å²) in [4.78, 5) is 13.7. The molecule has 2 fully saturated rings. The van der Waals surface area contributed by atoms with Crippen molar-refractivity contribution in [1.82, 2.24) is 14.5 Å². The molecule has 120 valence electrons. The molecule has 22 heavy (non-hydrogen) atoms. The predicted molar refractivity (Wildman–Crippen MR) is 83.3 cm³/mol. The van der Waals surface area contributed by atoms with Crippen LogP contribution in [-0.4, -0.2) is 55.9 Å². The SMILES string of the molecule is O=C(NC1CC1)N1CCN(S(=O)(=O)c2ccccc2Cl)CC1. The van der Waals surface area contributed by atoms with Gasteiger partial charge in [0.1, 0.15) is 4.90 Å². The van der Waals surface area contributed by atoms with Gasteiger partial charge in [-0.05, 0) is 25.0 Å². The van der Waals surface area contributed by atoms with Crippen LogP contribution in [0.1, 0.15) is 12.8 Å². The molecule has 2 amide bonds. The minimum atomic E-state index is -3.61. The van der Waals surface area contributed by atoms with Crippen LogP contribution in [0.5, 0.6) is 0 Å². The van der Waals surface area contributed by atoms with E-state index in [1.807, 2.05) is 0 Å². The fourth-order valence-corrected chi connectivity index (χ4v) is 4.33. The number of hydrogen-bond acceptors (Lipinski definition) is 3. The van der Waals surface area contributed by atoms with Gasteiger partial charge in [-0.2, -0.15) is 4.31 Å². The molecule has 1 saturated carbocycles. The van der Waals surface area contributed by atoms with Gasteiger partial charge in [0.2, 0.25) is 10.0 Å². The van der Waals surface area contributed by atoms with Crippen molar-refractivity contribution in [1.29, 1.82) is 0 Å². The van der Waals surface area contributed by atoms with Gasteiger partial charge in [0.05, 0.1) is 5.02 Å². The third kappa shape index (κ3) is 3.21. The fourth-order valence-electron chi connectivity index (χ4n) is 2.42. The number of urea groups is 1. The van der Waals surface area contributed by atoms with Gasteiger partial charge >= 0.3 is 6.03 Å². The molecule has 2 aliphatic rings. The highest BCUT2D eigenvalue weighted by molar-refractivity contribution is 7.89. The van der Waals surface area contributed by atoms with Gasteiger partial charge in [0, 0.05) is 32.2 Å². The maximum absolute atomic E-state index is 12.6. The summed E-state index contributed by atoms with van der Waals surface area (Å²) < 4.78 is 26.6. The van der Waals surface area contributed by atoms with Crippen LogP contribution in [0.4, 0.5) is 4.79 Å². The first kappa shape index (κ1) is 15.6. The molecule has 0 aromatic heterocycles. The van der Waals surface area contributed by atoms with Gasteiger partial charge in [-0.1, -0.05) is 23.7 Å². The van der Waals surface area contributed by atoms with Gasteiger partial charge in [0.25, 0.3) is 0 Å². The Kier molecular flexibility index (Phi) is 4.29. The van der Waals surface area contributed by atoms with Crippen molar-refractivity contribution in [3.8, 4) is 0 Å². The Bertz CT molecular complexity index is 668. The molecule has 1 aliphatic heterocycles. The van der Waals surface area contributed by atoms with Crippen molar-refractivity contribution in [2.24, 2.45) is 0 Å². The molecule has 1 aliphatic carbocycles. The number of piperazine rings is 1. The summed E-state index contributed by atoms with van der Waals surface area (Å²) in [7, 11) is -3.61. The molecule has 3 rings (SSSR count). The molecule has 1 aromatic rings. The highest BCUT2D eigenvalue weighted by atomic mass is 35.5. The molecule has 0 unspecified atom stereocenters. The Morgan fingerprint density at radius 3 is 2.36 bits per heavy atom. The number of amides is 2. The molecule has 0 atom stereocenters. The van der Waals surface area contributed by atoms with Crippen LogP contribution in [0.3, 0.4) is 0 Å². The molecule has 0 radical (unpaired) electrons. The van der Waals surface area contributed by atoms with Crippen molar-refractivity contribution in [3.63, 3.8) is 0 Å². The smallest absolute Gasteiger partial charge is 0.317 e. The van der Waals surface area contributed by atoms with Gasteiger partial charge in [0.15, 0.2) is 0 Å². The maximum atomic E-state index is 12.6. The lowest BCUT2D eigenvalue weighted by atomic mass is 10.4. The summed E-state index contributed by atoms with van der Waals surface area (Å²) in [6.45, 7) is 1.35. The summed E-state index contributed by atoms with van der Waals surface area (Å²) in [5.41, 5.74) is 0. The number of carbonyl (C=O) groups is 1. The third-order valence-electron chi connectivity index (χ3n) is 3.89. The minimum absolute atomic E-state index is 0.0997. The van der Waals surface area contributed by atoms with E-state index in [1.54, 1.807) is 23.1 Å². The van der Waals surface area contributed by atoms with E-state index in [0.717, 1.165) is 12.8 Å². The molecule has 8 heteroatoms. The number of rotatable bonds is 3. The normalized spacial score (nSPS) is 20.0. The van der Waals surface area contributed by atoms with E-state index in [-0.39, 0.29) is 29.0 Å². The molecule has 1 saturated heterocycles. The van der Waals surface area contributed by atoms with E-state index in [9.17, 15) is 13.2 Å². The van der Waals surface area contributed by atoms with Gasteiger partial charge in [-0.25, -0.2) is 13.2 Å². The van der Waals surface area contributed by atoms with Gasteiger partial charge in [-0.15, -0.1) is 0 Å². The molecule has 1 heterocycles. The van der Waals surface area contributed by atoms with E-state index in [0.29, 0.717) is 19.1 Å². The number of hydrogen-bond donors (Lipinski definition) is 1. The Labute approximate surface area is 135 Å². The lowest BCUT2D eigenvalue weighted by molar-refractivity contribution is 0.172. The Hall–Kier alpha value is -1.31. The fraction of sp³-hybridized carbons (Fsp3) is 0.500. The zero-order valence-corrected chi connectivity index (χ0v) is 13.6. The second-order valence-electron chi connectivity index (χ2n) is 5.55. The molecule has 6 nitrogen and oxygen atoms in total. The Morgan fingerprint density at radius 2 is 1.77 bits per heavy atom. The van der Waals surface area contributed by atoms with Crippen LogP contribution >= 0.6 is 11.6 Å². The number of nitrogens with one attached hydrogen (secondary N) is 1. The van der Waals surface area contributed by atoms with Crippen molar-refractivity contribution >= 4 is 27.7 Å². The molecule has 0 spiro atoms. The average molecular weight is 344 g/mol. The summed E-state index contributed by atoms with van der Waals surface area (Å²) in [6.07, 6.45) is 2.07. The second kappa shape index (κ2) is 6.06. The minimum Gasteiger partial charge on any atom is -0.335 e. The first-order valence-corrected chi connectivity index (χ1v) is 9.10. The van der Waals surface area contributed by atoms with Crippen LogP contribution in [0.15, 0.2) is 29.2 Å². The lowest BCUT2D eigenvalue weighted by Gasteiger charge is -2.34. The summed E-state index contributed by atoms with van der Waals surface area (Å²) in [5.74, 6) is 0. The van der Waals surface area contributed by atoms with Crippen molar-refractivity contribution in [2.75, 3.05) is 26.2 Å². The third-order valence-corrected chi connectivity index (χ3v) is 6.28. The molecular formula is C14H18ClN3O3S. The first-order valence-electron chi connectivity index (χ1n) is 7.28. The van der Waals surface area contributed by atoms with Crippen LogP contribution in [0, 0.1) is 0 Å². The van der Waals surface area contributed by atoms with E-state index in [2.05, 4.69) is 5.32 Å². The number of benzene rings is 1. The molecule has 1 aromatic carbocycles. The highest BCUT2D eigenvalue weighted by Gasteiger charge is 2.32. The summed E-state index contributed by atoms with van der Waals surface area (Å²) in [5, 5.41) is 3.13. The van der Waals surface area contributed by atoms with E-state index < -0.39 is 10.0 Å². The highest BCUT2D eigenvalue weighted by Crippen LogP contribution is 2.25. The van der Waals surface area contributed by atoms with Crippen molar-refractivity contribution in [2.45, 2.75) is 23.8 Å². The molecular weight excluding hydrogens is 326 g/mol. The molecule has 0 bridgehead atoms. The number of halogens is 1. The van der Waals surface area contributed by atoms with Crippen LogP contribution in [0.2, 0.25) is 5.02 Å². The monoisotopic (exact) mass is 343 g/mol. The number of sulfonamides is 1. The predicted octanol–water partition coefficient (Wildman–Crippen LogP) is 1.52. The first-order chi connectivity index (χ1) is 10.5. The Morgan fingerprint density at radius 1 is 1.14 bits per heavy atom. The lowest BCUT2D eigenvalue weighted by Crippen LogP contribution is -2.53. The van der Waals surface area contributed by atoms with Gasteiger partial charge in [-0.3, -0.25) is 0 Å². The number of carbonyl (C=O) groups excluding carboxylic acids is 1. The molecule has 1 N–H and O–H groups in total. The zero-order valence-electron chi connectivity index (χ0n) is 12.0. The van der Waals surface area contributed by atoms with E-state index >= 15 is 0 Å². The largest absolute Gasteiger partial charge is 0.335 e. The van der Waals surface area contributed by atoms with Crippen LogP contribution in [0.25, 0.3) is 0 Å². The zero-order chi connectivity index (χ0) is 15.7. The second-order valence-corrected chi connectivity index (χ2v) is 7.86. The van der Waals surface area contributed by atoms with Crippen molar-refractivity contribution in [3.05, 3.63) is 29.3 Å². The van der Waals surface area contributed by atoms with Gasteiger partial charge < -0.3 is 10.2 Å². The standard InChI is InChI=1S/C14H18ClN3O3S/c15-12-3-1-2-4-13(12)22(20,21)18-9-7-17(8-10-18)14(19)16-11-5-6-11/h1-4,11H,5-10H2,(H,16,19).